The van der Waals surface area contributed by atoms with Crippen molar-refractivity contribution in [2.45, 2.75) is 32.0 Å². The molecule has 4 rings (SSSR count). The van der Waals surface area contributed by atoms with Gasteiger partial charge in [0, 0.05) is 13.1 Å². The number of likely N-dealkylation sites (tertiary alicyclic amines) is 1. The molecular formula is C21H24Cl2N4O. The van der Waals surface area contributed by atoms with Gasteiger partial charge < -0.3 is 19.1 Å². The van der Waals surface area contributed by atoms with Crippen LogP contribution in [-0.4, -0.2) is 38.8 Å². The number of aliphatic hydroxyl groups is 1. The average molecular weight is 419 g/mol. The Kier molecular flexibility index (Phi) is 5.78. The number of benzene rings is 2. The second kappa shape index (κ2) is 8.29. The maximum Gasteiger partial charge on any atom is 0.203 e. The molecule has 2 heterocycles. The molecule has 7 heteroatoms. The highest BCUT2D eigenvalue weighted by Gasteiger charge is 2.17. The van der Waals surface area contributed by atoms with Crippen LogP contribution in [0.1, 0.15) is 24.5 Å². The molecule has 0 unspecified atom stereocenters. The standard InChI is InChI=1S/C21H24Cl2N4O/c22-16-8-7-15(13-17(16)23)20(28)14-27-19-6-2-1-5-18(19)26(21(27)24)12-11-25-9-3-4-10-25/h1-2,5-8,13,20,24,28H,3-4,9-12,14H2/t20-/m1/s1. The summed E-state index contributed by atoms with van der Waals surface area (Å²) in [5.74, 6) is 0. The van der Waals surface area contributed by atoms with Crippen molar-refractivity contribution in [2.24, 2.45) is 0 Å². The minimum absolute atomic E-state index is 0.286. The molecule has 1 aliphatic rings. The Morgan fingerprint density at radius 2 is 1.61 bits per heavy atom. The predicted molar refractivity (Wildman–Crippen MR) is 113 cm³/mol. The van der Waals surface area contributed by atoms with Gasteiger partial charge >= 0.3 is 0 Å². The van der Waals surface area contributed by atoms with E-state index in [0.717, 1.165) is 37.2 Å². The highest BCUT2D eigenvalue weighted by atomic mass is 35.5. The summed E-state index contributed by atoms with van der Waals surface area (Å²) in [6, 6.07) is 13.2. The number of nitrogens with one attached hydrogen (secondary N) is 1. The van der Waals surface area contributed by atoms with E-state index in [9.17, 15) is 5.11 Å². The van der Waals surface area contributed by atoms with E-state index < -0.39 is 6.10 Å². The fourth-order valence-corrected chi connectivity index (χ4v) is 4.26. The molecule has 2 N–H and O–H groups in total. The maximum absolute atomic E-state index is 10.8. The third kappa shape index (κ3) is 3.85. The summed E-state index contributed by atoms with van der Waals surface area (Å²) in [7, 11) is 0. The first-order chi connectivity index (χ1) is 13.5. The molecule has 0 aliphatic carbocycles. The number of hydrogen-bond donors (Lipinski definition) is 2. The fourth-order valence-electron chi connectivity index (χ4n) is 3.95. The van der Waals surface area contributed by atoms with E-state index in [2.05, 4.69) is 4.90 Å². The monoisotopic (exact) mass is 418 g/mol. The van der Waals surface area contributed by atoms with Crippen molar-refractivity contribution in [3.63, 3.8) is 0 Å². The topological polar surface area (TPSA) is 57.2 Å². The Bertz CT molecular complexity index is 1040. The van der Waals surface area contributed by atoms with Gasteiger partial charge in [0.25, 0.3) is 0 Å². The van der Waals surface area contributed by atoms with Crippen LogP contribution in [0.15, 0.2) is 42.5 Å². The zero-order valence-corrected chi connectivity index (χ0v) is 17.1. The number of para-hydroxylation sites is 2. The maximum atomic E-state index is 10.8. The lowest BCUT2D eigenvalue weighted by Crippen LogP contribution is -2.31. The number of aromatic nitrogens is 2. The van der Waals surface area contributed by atoms with Crippen LogP contribution in [0.2, 0.25) is 10.0 Å². The van der Waals surface area contributed by atoms with Crippen molar-refractivity contribution in [3.8, 4) is 0 Å². The number of aliphatic hydroxyl groups excluding tert-OH is 1. The first kappa shape index (κ1) is 19.5. The summed E-state index contributed by atoms with van der Waals surface area (Å²) in [4.78, 5) is 2.45. The summed E-state index contributed by atoms with van der Waals surface area (Å²) >= 11 is 12.1. The molecule has 28 heavy (non-hydrogen) atoms. The van der Waals surface area contributed by atoms with Crippen LogP contribution in [0.25, 0.3) is 11.0 Å². The molecule has 0 radical (unpaired) electrons. The van der Waals surface area contributed by atoms with E-state index in [-0.39, 0.29) is 6.54 Å². The van der Waals surface area contributed by atoms with Gasteiger partial charge in [0.1, 0.15) is 0 Å². The van der Waals surface area contributed by atoms with Gasteiger partial charge in [0.05, 0.1) is 33.7 Å². The number of rotatable bonds is 6. The quantitative estimate of drug-likeness (QED) is 0.633. The van der Waals surface area contributed by atoms with E-state index in [4.69, 9.17) is 28.6 Å². The molecule has 0 amide bonds. The molecule has 1 aliphatic heterocycles. The number of halogens is 2. The van der Waals surface area contributed by atoms with Gasteiger partial charge in [-0.1, -0.05) is 41.4 Å². The third-order valence-electron chi connectivity index (χ3n) is 5.50. The minimum Gasteiger partial charge on any atom is -0.387 e. The Morgan fingerprint density at radius 3 is 2.29 bits per heavy atom. The molecule has 0 bridgehead atoms. The van der Waals surface area contributed by atoms with E-state index in [1.165, 1.54) is 12.8 Å². The Morgan fingerprint density at radius 1 is 0.929 bits per heavy atom. The normalized spacial score (nSPS) is 16.1. The lowest BCUT2D eigenvalue weighted by Gasteiger charge is -2.15. The number of hydrogen-bond acceptors (Lipinski definition) is 3. The molecule has 1 fully saturated rings. The minimum atomic E-state index is -0.776. The van der Waals surface area contributed by atoms with Gasteiger partial charge in [-0.3, -0.25) is 5.41 Å². The van der Waals surface area contributed by atoms with E-state index in [1.54, 1.807) is 18.2 Å². The van der Waals surface area contributed by atoms with Gasteiger partial charge in [-0.05, 0) is 55.8 Å². The number of fused-ring (bicyclic) bond motifs is 1. The molecule has 3 aromatic rings. The van der Waals surface area contributed by atoms with Crippen molar-refractivity contribution >= 4 is 34.2 Å². The average Bonchev–Trinajstić information content (AvgIpc) is 3.30. The zero-order valence-electron chi connectivity index (χ0n) is 15.6. The SMILES string of the molecule is N=c1n(CCN2CCCC2)c2ccccc2n1C[C@@H](O)c1ccc(Cl)c(Cl)c1. The summed E-state index contributed by atoms with van der Waals surface area (Å²) in [5, 5.41) is 20.4. The number of nitrogens with zero attached hydrogens (tertiary/aromatic N) is 3. The van der Waals surface area contributed by atoms with Gasteiger partial charge in [-0.25, -0.2) is 0 Å². The van der Waals surface area contributed by atoms with Crippen LogP contribution in [0.3, 0.4) is 0 Å². The number of imidazole rings is 1. The van der Waals surface area contributed by atoms with Crippen LogP contribution in [-0.2, 0) is 13.1 Å². The van der Waals surface area contributed by atoms with Gasteiger partial charge in [-0.2, -0.15) is 0 Å². The molecule has 148 valence electrons. The molecule has 1 atom stereocenters. The van der Waals surface area contributed by atoms with E-state index >= 15 is 0 Å². The van der Waals surface area contributed by atoms with Crippen LogP contribution in [0.4, 0.5) is 0 Å². The highest BCUT2D eigenvalue weighted by Crippen LogP contribution is 2.27. The van der Waals surface area contributed by atoms with Crippen LogP contribution in [0.5, 0.6) is 0 Å². The van der Waals surface area contributed by atoms with Crippen molar-refractivity contribution < 1.29 is 5.11 Å². The summed E-state index contributed by atoms with van der Waals surface area (Å²) < 4.78 is 3.90. The van der Waals surface area contributed by atoms with Gasteiger partial charge in [0.2, 0.25) is 5.62 Å². The summed E-state index contributed by atoms with van der Waals surface area (Å²) in [5.41, 5.74) is 3.07. The van der Waals surface area contributed by atoms with Crippen molar-refractivity contribution in [2.75, 3.05) is 19.6 Å². The second-order valence-corrected chi connectivity index (χ2v) is 8.13. The van der Waals surface area contributed by atoms with Crippen molar-refractivity contribution in [3.05, 3.63) is 63.7 Å². The van der Waals surface area contributed by atoms with Gasteiger partial charge in [-0.15, -0.1) is 0 Å². The molecule has 0 saturated carbocycles. The predicted octanol–water partition coefficient (Wildman–Crippen LogP) is 4.06. The van der Waals surface area contributed by atoms with Crippen molar-refractivity contribution in [1.82, 2.24) is 14.0 Å². The lowest BCUT2D eigenvalue weighted by atomic mass is 10.1. The lowest BCUT2D eigenvalue weighted by molar-refractivity contribution is 0.155. The van der Waals surface area contributed by atoms with Crippen LogP contribution < -0.4 is 5.62 Å². The molecular weight excluding hydrogens is 395 g/mol. The molecule has 5 nitrogen and oxygen atoms in total. The summed E-state index contributed by atoms with van der Waals surface area (Å²) in [6.07, 6.45) is 1.74. The Balaban J connectivity index is 1.63. The molecule has 2 aromatic carbocycles. The van der Waals surface area contributed by atoms with Crippen molar-refractivity contribution in [1.29, 1.82) is 5.41 Å². The summed E-state index contributed by atoms with van der Waals surface area (Å²) in [6.45, 7) is 4.29. The molecule has 0 spiro atoms. The van der Waals surface area contributed by atoms with Crippen LogP contribution >= 0.6 is 23.2 Å². The second-order valence-electron chi connectivity index (χ2n) is 7.31. The van der Waals surface area contributed by atoms with E-state index in [1.807, 2.05) is 33.4 Å². The third-order valence-corrected chi connectivity index (χ3v) is 6.24. The largest absolute Gasteiger partial charge is 0.387 e. The van der Waals surface area contributed by atoms with Gasteiger partial charge in [0.15, 0.2) is 0 Å². The van der Waals surface area contributed by atoms with E-state index in [0.29, 0.717) is 21.2 Å². The Labute approximate surface area is 174 Å². The fraction of sp³-hybridized carbons (Fsp3) is 0.381. The molecule has 1 saturated heterocycles. The highest BCUT2D eigenvalue weighted by molar-refractivity contribution is 6.42. The zero-order chi connectivity index (χ0) is 19.7. The molecule has 1 aromatic heterocycles. The first-order valence-corrected chi connectivity index (χ1v) is 10.4. The first-order valence-electron chi connectivity index (χ1n) is 9.62. The van der Waals surface area contributed by atoms with Crippen LogP contribution in [0, 0.1) is 5.41 Å². The smallest absolute Gasteiger partial charge is 0.203 e. The Hall–Kier alpha value is -1.79.